The topological polar surface area (TPSA) is 54.3 Å². The molecule has 3 aromatic rings. The lowest BCUT2D eigenvalue weighted by Gasteiger charge is -2.30. The van der Waals surface area contributed by atoms with Crippen molar-refractivity contribution >= 4 is 5.91 Å². The van der Waals surface area contributed by atoms with E-state index in [1.807, 2.05) is 23.2 Å². The van der Waals surface area contributed by atoms with Crippen LogP contribution in [-0.4, -0.2) is 50.1 Å². The van der Waals surface area contributed by atoms with Crippen LogP contribution in [0.1, 0.15) is 27.7 Å². The first kappa shape index (κ1) is 18.9. The average Bonchev–Trinajstić information content (AvgIpc) is 3.42. The van der Waals surface area contributed by atoms with Gasteiger partial charge in [0.15, 0.2) is 0 Å². The number of pyridine rings is 1. The van der Waals surface area contributed by atoms with E-state index in [-0.39, 0.29) is 23.7 Å². The number of aromatic nitrogens is 3. The fraction of sp³-hybridized carbons (Fsp3) is 0.348. The number of aryl methyl sites for hydroxylation is 1. The zero-order chi connectivity index (χ0) is 20.7. The SMILES string of the molecule is Cn1nccc1C(=O)N1C[C@@H]2CN(Cc3cccnc3)C[C@@H]2[C@H]1c1cccc(F)c1. The van der Waals surface area contributed by atoms with Crippen molar-refractivity contribution in [1.29, 1.82) is 0 Å². The number of hydrogen-bond donors (Lipinski definition) is 0. The number of halogens is 1. The molecule has 1 aromatic carbocycles. The van der Waals surface area contributed by atoms with Gasteiger partial charge in [-0.1, -0.05) is 18.2 Å². The van der Waals surface area contributed by atoms with Crippen LogP contribution in [0.15, 0.2) is 61.1 Å². The number of rotatable bonds is 4. The Kier molecular flexibility index (Phi) is 4.83. The number of nitrogens with zero attached hydrogens (tertiary/aromatic N) is 5. The van der Waals surface area contributed by atoms with Gasteiger partial charge in [-0.3, -0.25) is 19.4 Å². The fourth-order valence-corrected chi connectivity index (χ4v) is 5.07. The minimum Gasteiger partial charge on any atom is -0.330 e. The summed E-state index contributed by atoms with van der Waals surface area (Å²) in [6, 6.07) is 12.3. The van der Waals surface area contributed by atoms with Crippen molar-refractivity contribution in [2.75, 3.05) is 19.6 Å². The Labute approximate surface area is 174 Å². The van der Waals surface area contributed by atoms with Gasteiger partial charge in [-0.25, -0.2) is 4.39 Å². The Hall–Kier alpha value is -3.06. The van der Waals surface area contributed by atoms with Crippen LogP contribution in [0.4, 0.5) is 4.39 Å². The van der Waals surface area contributed by atoms with Gasteiger partial charge in [0.25, 0.3) is 5.91 Å². The molecule has 2 aliphatic heterocycles. The van der Waals surface area contributed by atoms with E-state index in [1.54, 1.807) is 42.3 Å². The molecule has 0 unspecified atom stereocenters. The molecule has 2 saturated heterocycles. The normalized spacial score (nSPS) is 23.7. The smallest absolute Gasteiger partial charge is 0.272 e. The second-order valence-corrected chi connectivity index (χ2v) is 8.28. The van der Waals surface area contributed by atoms with E-state index in [9.17, 15) is 9.18 Å². The highest BCUT2D eigenvalue weighted by Gasteiger charge is 2.49. The van der Waals surface area contributed by atoms with E-state index in [2.05, 4.69) is 21.0 Å². The van der Waals surface area contributed by atoms with Crippen LogP contribution in [0.3, 0.4) is 0 Å². The van der Waals surface area contributed by atoms with E-state index < -0.39 is 0 Å². The van der Waals surface area contributed by atoms with Crippen molar-refractivity contribution in [3.63, 3.8) is 0 Å². The number of fused-ring (bicyclic) bond motifs is 1. The maximum Gasteiger partial charge on any atom is 0.272 e. The van der Waals surface area contributed by atoms with Crippen LogP contribution in [-0.2, 0) is 13.6 Å². The van der Waals surface area contributed by atoms with Crippen LogP contribution in [0.25, 0.3) is 0 Å². The van der Waals surface area contributed by atoms with Crippen molar-refractivity contribution in [2.24, 2.45) is 18.9 Å². The molecule has 0 aliphatic carbocycles. The van der Waals surface area contributed by atoms with E-state index >= 15 is 0 Å². The van der Waals surface area contributed by atoms with E-state index in [0.29, 0.717) is 18.2 Å². The Morgan fingerprint density at radius 1 is 1.13 bits per heavy atom. The summed E-state index contributed by atoms with van der Waals surface area (Å²) in [6.07, 6.45) is 5.32. The molecule has 2 aromatic heterocycles. The van der Waals surface area contributed by atoms with Gasteiger partial charge < -0.3 is 4.90 Å². The molecule has 0 saturated carbocycles. The molecule has 6 nitrogen and oxygen atoms in total. The fourth-order valence-electron chi connectivity index (χ4n) is 5.07. The van der Waals surface area contributed by atoms with Crippen LogP contribution in [0.2, 0.25) is 0 Å². The summed E-state index contributed by atoms with van der Waals surface area (Å²) < 4.78 is 15.7. The summed E-state index contributed by atoms with van der Waals surface area (Å²) in [5.41, 5.74) is 2.60. The number of benzene rings is 1. The van der Waals surface area contributed by atoms with Gasteiger partial charge >= 0.3 is 0 Å². The third-order valence-electron chi connectivity index (χ3n) is 6.36. The molecule has 2 fully saturated rings. The van der Waals surface area contributed by atoms with Crippen LogP contribution < -0.4 is 0 Å². The number of likely N-dealkylation sites (tertiary alicyclic amines) is 2. The number of hydrogen-bond acceptors (Lipinski definition) is 4. The minimum atomic E-state index is -0.269. The molecule has 5 rings (SSSR count). The van der Waals surface area contributed by atoms with Gasteiger partial charge in [0.05, 0.1) is 6.04 Å². The molecule has 2 aliphatic rings. The molecule has 0 spiro atoms. The predicted octanol–water partition coefficient (Wildman–Crippen LogP) is 2.90. The van der Waals surface area contributed by atoms with Crippen molar-refractivity contribution in [3.8, 4) is 0 Å². The Balaban J connectivity index is 1.43. The molecule has 0 bridgehead atoms. The van der Waals surface area contributed by atoms with E-state index in [4.69, 9.17) is 0 Å². The van der Waals surface area contributed by atoms with Gasteiger partial charge in [0, 0.05) is 57.7 Å². The van der Waals surface area contributed by atoms with Gasteiger partial charge in [0.2, 0.25) is 0 Å². The monoisotopic (exact) mass is 405 g/mol. The zero-order valence-electron chi connectivity index (χ0n) is 16.9. The summed E-state index contributed by atoms with van der Waals surface area (Å²) in [7, 11) is 1.77. The summed E-state index contributed by atoms with van der Waals surface area (Å²) in [5, 5.41) is 4.15. The van der Waals surface area contributed by atoms with Crippen molar-refractivity contribution in [1.82, 2.24) is 24.6 Å². The predicted molar refractivity (Wildman–Crippen MR) is 110 cm³/mol. The minimum absolute atomic E-state index is 0.0440. The molecule has 154 valence electrons. The standard InChI is InChI=1S/C23H24FN5O/c1-27-21(7-9-26-27)23(30)29-14-18-13-28(12-16-4-3-8-25-11-16)15-20(18)22(29)17-5-2-6-19(24)10-17/h2-11,18,20,22H,12-15H2,1H3/t18-,20-,22+/m0/s1. The Morgan fingerprint density at radius 2 is 2.03 bits per heavy atom. The maximum atomic E-state index is 14.1. The second-order valence-electron chi connectivity index (χ2n) is 8.28. The third kappa shape index (κ3) is 3.39. The number of amides is 1. The quantitative estimate of drug-likeness (QED) is 0.670. The van der Waals surface area contributed by atoms with Gasteiger partial charge in [-0.05, 0) is 41.3 Å². The van der Waals surface area contributed by atoms with Gasteiger partial charge in [0.1, 0.15) is 11.5 Å². The highest BCUT2D eigenvalue weighted by atomic mass is 19.1. The highest BCUT2D eigenvalue weighted by molar-refractivity contribution is 5.93. The van der Waals surface area contributed by atoms with Gasteiger partial charge in [-0.2, -0.15) is 5.10 Å². The van der Waals surface area contributed by atoms with Crippen molar-refractivity contribution < 1.29 is 9.18 Å². The number of carbonyl (C=O) groups is 1. The Bertz CT molecular complexity index is 1050. The Morgan fingerprint density at radius 3 is 2.77 bits per heavy atom. The molecule has 7 heteroatoms. The summed E-state index contributed by atoms with van der Waals surface area (Å²) >= 11 is 0. The second kappa shape index (κ2) is 7.65. The van der Waals surface area contributed by atoms with Crippen molar-refractivity contribution in [3.05, 3.63) is 83.7 Å². The lowest BCUT2D eigenvalue weighted by Crippen LogP contribution is -2.36. The molecule has 3 atom stereocenters. The summed E-state index contributed by atoms with van der Waals surface area (Å²) in [5.74, 6) is 0.305. The lowest BCUT2D eigenvalue weighted by molar-refractivity contribution is 0.0688. The van der Waals surface area contributed by atoms with E-state index in [1.165, 1.54) is 11.6 Å². The molecule has 30 heavy (non-hydrogen) atoms. The molecule has 1 amide bonds. The average molecular weight is 405 g/mol. The zero-order valence-corrected chi connectivity index (χ0v) is 16.9. The summed E-state index contributed by atoms with van der Waals surface area (Å²) in [6.45, 7) is 3.29. The number of carbonyl (C=O) groups excluding carboxylic acids is 1. The molecule has 0 N–H and O–H groups in total. The molecule has 4 heterocycles. The first-order chi connectivity index (χ1) is 14.6. The highest BCUT2D eigenvalue weighted by Crippen LogP contribution is 2.45. The van der Waals surface area contributed by atoms with Crippen LogP contribution in [0, 0.1) is 17.7 Å². The third-order valence-corrected chi connectivity index (χ3v) is 6.36. The maximum absolute atomic E-state index is 14.1. The lowest BCUT2D eigenvalue weighted by atomic mass is 9.89. The summed E-state index contributed by atoms with van der Waals surface area (Å²) in [4.78, 5) is 21.9. The van der Waals surface area contributed by atoms with Crippen LogP contribution in [0.5, 0.6) is 0 Å². The molecule has 0 radical (unpaired) electrons. The largest absolute Gasteiger partial charge is 0.330 e. The molecular formula is C23H24FN5O. The van der Waals surface area contributed by atoms with Crippen LogP contribution >= 0.6 is 0 Å². The molecular weight excluding hydrogens is 381 g/mol. The van der Waals surface area contributed by atoms with Crippen molar-refractivity contribution in [2.45, 2.75) is 12.6 Å². The first-order valence-electron chi connectivity index (χ1n) is 10.3. The van der Waals surface area contributed by atoms with Gasteiger partial charge in [-0.15, -0.1) is 0 Å². The first-order valence-corrected chi connectivity index (χ1v) is 10.3. The van der Waals surface area contributed by atoms with E-state index in [0.717, 1.165) is 25.2 Å².